The molecule has 0 aliphatic rings. The van der Waals surface area contributed by atoms with E-state index in [1.807, 2.05) is 31.1 Å². The van der Waals surface area contributed by atoms with Crippen LogP contribution in [0.2, 0.25) is 0 Å². The molecule has 27 heavy (non-hydrogen) atoms. The second kappa shape index (κ2) is 8.77. The van der Waals surface area contributed by atoms with Crippen LogP contribution in [0.4, 0.5) is 4.39 Å². The van der Waals surface area contributed by atoms with E-state index in [1.54, 1.807) is 35.2 Å². The normalized spacial score (nSPS) is 11.6. The van der Waals surface area contributed by atoms with Gasteiger partial charge in [-0.25, -0.2) is 14.1 Å². The third-order valence-corrected chi connectivity index (χ3v) is 4.86. The largest absolute Gasteiger partial charge is 0.356 e. The fourth-order valence-corrected chi connectivity index (χ4v) is 3.32. The molecule has 0 bridgehead atoms. The van der Waals surface area contributed by atoms with Gasteiger partial charge in [0.1, 0.15) is 5.82 Å². The molecule has 3 aromatic rings. The zero-order valence-electron chi connectivity index (χ0n) is 15.7. The molecule has 6 nitrogen and oxygen atoms in total. The molecule has 142 valence electrons. The molecule has 0 fully saturated rings. The second-order valence-corrected chi connectivity index (χ2v) is 7.23. The van der Waals surface area contributed by atoms with Crippen molar-refractivity contribution in [3.05, 3.63) is 64.1 Å². The smallest absolute Gasteiger partial charge is 0.193 e. The molecule has 0 amide bonds. The molecule has 1 N–H and O–H groups in total. The number of rotatable bonds is 6. The Morgan fingerprint density at radius 1 is 1.26 bits per heavy atom. The molecule has 8 heteroatoms. The highest BCUT2D eigenvalue weighted by Crippen LogP contribution is 2.10. The van der Waals surface area contributed by atoms with Crippen molar-refractivity contribution < 1.29 is 4.39 Å². The van der Waals surface area contributed by atoms with Gasteiger partial charge in [0.15, 0.2) is 5.96 Å². The average Bonchev–Trinajstić information content (AvgIpc) is 3.28. The number of benzene rings is 1. The quantitative estimate of drug-likeness (QED) is 0.523. The van der Waals surface area contributed by atoms with Crippen LogP contribution in [0.15, 0.2) is 46.9 Å². The van der Waals surface area contributed by atoms with Gasteiger partial charge in [0.05, 0.1) is 28.6 Å². The van der Waals surface area contributed by atoms with Crippen molar-refractivity contribution >= 4 is 17.3 Å². The van der Waals surface area contributed by atoms with Gasteiger partial charge in [-0.2, -0.15) is 5.10 Å². The van der Waals surface area contributed by atoms with Crippen molar-refractivity contribution in [1.82, 2.24) is 25.0 Å². The summed E-state index contributed by atoms with van der Waals surface area (Å²) in [5.41, 5.74) is 2.84. The first kappa shape index (κ1) is 19.0. The van der Waals surface area contributed by atoms with E-state index in [0.29, 0.717) is 13.1 Å². The lowest BCUT2D eigenvalue weighted by atomic mass is 10.3. The summed E-state index contributed by atoms with van der Waals surface area (Å²) in [6.45, 7) is 3.43. The van der Waals surface area contributed by atoms with Crippen molar-refractivity contribution in [2.24, 2.45) is 4.99 Å². The molecule has 0 radical (unpaired) electrons. The summed E-state index contributed by atoms with van der Waals surface area (Å²) < 4.78 is 14.8. The lowest BCUT2D eigenvalue weighted by Gasteiger charge is -2.21. The zero-order chi connectivity index (χ0) is 19.2. The number of nitrogens with zero attached hydrogens (tertiary/aromatic N) is 5. The summed E-state index contributed by atoms with van der Waals surface area (Å²) >= 11 is 1.65. The Balaban J connectivity index is 1.51. The van der Waals surface area contributed by atoms with E-state index < -0.39 is 0 Å². The van der Waals surface area contributed by atoms with E-state index in [4.69, 9.17) is 0 Å². The topological polar surface area (TPSA) is 58.3 Å². The molecule has 3 rings (SSSR count). The number of aromatic nitrogens is 3. The van der Waals surface area contributed by atoms with Crippen LogP contribution < -0.4 is 5.32 Å². The summed E-state index contributed by atoms with van der Waals surface area (Å²) in [6, 6.07) is 8.25. The maximum absolute atomic E-state index is 13.0. The Hall–Kier alpha value is -2.74. The van der Waals surface area contributed by atoms with Crippen LogP contribution in [0, 0.1) is 12.7 Å². The minimum Gasteiger partial charge on any atom is -0.356 e. The van der Waals surface area contributed by atoms with Crippen molar-refractivity contribution in [3.63, 3.8) is 0 Å². The molecule has 0 aliphatic carbocycles. The Labute approximate surface area is 162 Å². The van der Waals surface area contributed by atoms with E-state index >= 15 is 0 Å². The number of hydrogen-bond donors (Lipinski definition) is 1. The molecule has 2 heterocycles. The van der Waals surface area contributed by atoms with Crippen LogP contribution in [0.25, 0.3) is 5.69 Å². The molecular formula is C19H23FN6S. The highest BCUT2D eigenvalue weighted by atomic mass is 32.1. The minimum atomic E-state index is -0.251. The van der Waals surface area contributed by atoms with E-state index in [1.165, 1.54) is 12.1 Å². The van der Waals surface area contributed by atoms with Crippen LogP contribution in [0.3, 0.4) is 0 Å². The van der Waals surface area contributed by atoms with Gasteiger partial charge in [0.25, 0.3) is 0 Å². The molecule has 1 aromatic carbocycles. The van der Waals surface area contributed by atoms with Gasteiger partial charge in [-0.05, 0) is 37.3 Å². The van der Waals surface area contributed by atoms with Gasteiger partial charge in [0.2, 0.25) is 0 Å². The van der Waals surface area contributed by atoms with E-state index in [-0.39, 0.29) is 5.82 Å². The Kier molecular flexibility index (Phi) is 6.18. The van der Waals surface area contributed by atoms with Gasteiger partial charge in [0, 0.05) is 38.6 Å². The van der Waals surface area contributed by atoms with Gasteiger partial charge in [-0.3, -0.25) is 4.99 Å². The van der Waals surface area contributed by atoms with Crippen LogP contribution in [0.1, 0.15) is 16.4 Å². The molecule has 0 atom stereocenters. The second-order valence-electron chi connectivity index (χ2n) is 6.17. The first-order valence-corrected chi connectivity index (χ1v) is 9.56. The summed E-state index contributed by atoms with van der Waals surface area (Å²) in [5.74, 6) is 0.567. The summed E-state index contributed by atoms with van der Waals surface area (Å²) in [4.78, 5) is 10.9. The Morgan fingerprint density at radius 3 is 2.70 bits per heavy atom. The summed E-state index contributed by atoms with van der Waals surface area (Å²) in [6.07, 6.45) is 2.64. The number of hydrogen-bond acceptors (Lipinski definition) is 4. The number of aliphatic imine (C=N–C) groups is 1. The molecule has 0 saturated heterocycles. The van der Waals surface area contributed by atoms with Crippen LogP contribution >= 0.6 is 11.3 Å². The van der Waals surface area contributed by atoms with E-state index in [0.717, 1.165) is 34.5 Å². The fourth-order valence-electron chi connectivity index (χ4n) is 2.72. The van der Waals surface area contributed by atoms with Crippen molar-refractivity contribution in [2.75, 3.05) is 20.6 Å². The third kappa shape index (κ3) is 5.13. The van der Waals surface area contributed by atoms with Crippen molar-refractivity contribution in [2.45, 2.75) is 19.9 Å². The molecule has 0 saturated carbocycles. The lowest BCUT2D eigenvalue weighted by Crippen LogP contribution is -2.39. The van der Waals surface area contributed by atoms with Gasteiger partial charge in [-0.15, -0.1) is 11.3 Å². The highest BCUT2D eigenvalue weighted by Gasteiger charge is 2.09. The first-order valence-electron chi connectivity index (χ1n) is 8.68. The Morgan fingerprint density at radius 2 is 2.04 bits per heavy atom. The van der Waals surface area contributed by atoms with Gasteiger partial charge < -0.3 is 10.2 Å². The maximum Gasteiger partial charge on any atom is 0.193 e. The van der Waals surface area contributed by atoms with Gasteiger partial charge >= 0.3 is 0 Å². The maximum atomic E-state index is 13.0. The predicted molar refractivity (Wildman–Crippen MR) is 107 cm³/mol. The minimum absolute atomic E-state index is 0.251. The number of aryl methyl sites for hydroxylation is 1. The monoisotopic (exact) mass is 386 g/mol. The standard InChI is InChI=1S/C19H23FN6S/c1-14-23-17(13-27-14)12-25(3)19(21-2)22-10-8-16-9-11-26(24-16)18-6-4-15(20)5-7-18/h4-7,9,11,13H,8,10,12H2,1-3H3,(H,21,22). The Bertz CT molecular complexity index is 899. The van der Waals surface area contributed by atoms with Crippen LogP contribution in [-0.2, 0) is 13.0 Å². The average molecular weight is 387 g/mol. The number of halogens is 1. The molecule has 2 aromatic heterocycles. The van der Waals surface area contributed by atoms with Crippen LogP contribution in [-0.4, -0.2) is 46.3 Å². The fraction of sp³-hybridized carbons (Fsp3) is 0.316. The first-order chi connectivity index (χ1) is 13.0. The van der Waals surface area contributed by atoms with Crippen LogP contribution in [0.5, 0.6) is 0 Å². The van der Waals surface area contributed by atoms with Crippen molar-refractivity contribution in [1.29, 1.82) is 0 Å². The lowest BCUT2D eigenvalue weighted by molar-refractivity contribution is 0.471. The molecule has 0 aliphatic heterocycles. The summed E-state index contributed by atoms with van der Waals surface area (Å²) in [7, 11) is 3.77. The number of thiazole rings is 1. The molecule has 0 unspecified atom stereocenters. The molecular weight excluding hydrogens is 363 g/mol. The number of guanidine groups is 1. The van der Waals surface area contributed by atoms with Gasteiger partial charge in [-0.1, -0.05) is 0 Å². The van der Waals surface area contributed by atoms with Crippen molar-refractivity contribution in [3.8, 4) is 5.69 Å². The number of nitrogens with one attached hydrogen (secondary N) is 1. The highest BCUT2D eigenvalue weighted by molar-refractivity contribution is 7.09. The van der Waals surface area contributed by atoms with E-state index in [2.05, 4.69) is 25.8 Å². The van der Waals surface area contributed by atoms with E-state index in [9.17, 15) is 4.39 Å². The summed E-state index contributed by atoms with van der Waals surface area (Å²) in [5, 5.41) is 11.0. The predicted octanol–water partition coefficient (Wildman–Crippen LogP) is 3.03. The third-order valence-electron chi connectivity index (χ3n) is 4.04. The SMILES string of the molecule is CN=C(NCCc1ccn(-c2ccc(F)cc2)n1)N(C)Cc1csc(C)n1. The zero-order valence-corrected chi connectivity index (χ0v) is 16.5. The molecule has 0 spiro atoms.